The molecular weight excluding hydrogens is 296 g/mol. The van der Waals surface area contributed by atoms with E-state index in [1.54, 1.807) is 11.3 Å². The molecule has 7 heteroatoms. The number of rotatable bonds is 6. The van der Waals surface area contributed by atoms with E-state index in [4.69, 9.17) is 0 Å². The lowest BCUT2D eigenvalue weighted by Gasteiger charge is -2.23. The number of nitrogens with one attached hydrogen (secondary N) is 1. The van der Waals surface area contributed by atoms with Crippen LogP contribution in [0.15, 0.2) is 6.20 Å². The first-order chi connectivity index (χ1) is 10.7. The van der Waals surface area contributed by atoms with Crippen molar-refractivity contribution in [3.63, 3.8) is 0 Å². The summed E-state index contributed by atoms with van der Waals surface area (Å²) in [5.41, 5.74) is 0. The van der Waals surface area contributed by atoms with Crippen molar-refractivity contribution in [3.05, 3.63) is 22.7 Å². The number of aryl methyl sites for hydroxylation is 2. The Morgan fingerprint density at radius 1 is 1.41 bits per heavy atom. The predicted octanol–water partition coefficient (Wildman–Crippen LogP) is 1.99. The van der Waals surface area contributed by atoms with Crippen LogP contribution < -0.4 is 10.2 Å². The number of aromatic nitrogens is 4. The summed E-state index contributed by atoms with van der Waals surface area (Å²) < 4.78 is 2.05. The Labute approximate surface area is 135 Å². The quantitative estimate of drug-likeness (QED) is 0.882. The van der Waals surface area contributed by atoms with Gasteiger partial charge < -0.3 is 10.2 Å². The molecule has 3 heterocycles. The molecular formula is C15H24N6S. The lowest BCUT2D eigenvalue weighted by atomic mass is 10.1. The molecule has 1 N–H and O–H groups in total. The van der Waals surface area contributed by atoms with Gasteiger partial charge in [-0.3, -0.25) is 0 Å². The first-order valence-electron chi connectivity index (χ1n) is 8.03. The molecule has 0 saturated heterocycles. The fraction of sp³-hybridized carbons (Fsp3) is 0.667. The predicted molar refractivity (Wildman–Crippen MR) is 89.4 cm³/mol. The lowest BCUT2D eigenvalue weighted by Crippen LogP contribution is -2.37. The van der Waals surface area contributed by atoms with Gasteiger partial charge in [0.15, 0.2) is 5.13 Å². The molecule has 0 aliphatic carbocycles. The molecule has 0 fully saturated rings. The van der Waals surface area contributed by atoms with Gasteiger partial charge in [-0.1, -0.05) is 0 Å². The monoisotopic (exact) mass is 320 g/mol. The van der Waals surface area contributed by atoms with Gasteiger partial charge in [-0.2, -0.15) is 5.10 Å². The van der Waals surface area contributed by atoms with E-state index in [9.17, 15) is 0 Å². The number of fused-ring (bicyclic) bond motifs is 1. The molecule has 0 aromatic carbocycles. The van der Waals surface area contributed by atoms with E-state index in [1.807, 2.05) is 17.8 Å². The van der Waals surface area contributed by atoms with Crippen LogP contribution >= 0.6 is 11.3 Å². The third-order valence-corrected chi connectivity index (χ3v) is 5.16. The second-order valence-corrected chi connectivity index (χ2v) is 6.75. The average molecular weight is 320 g/mol. The maximum absolute atomic E-state index is 4.54. The molecule has 1 unspecified atom stereocenters. The molecule has 2 aromatic rings. The van der Waals surface area contributed by atoms with Gasteiger partial charge in [0, 0.05) is 43.2 Å². The third-order valence-electron chi connectivity index (χ3n) is 4.10. The van der Waals surface area contributed by atoms with Crippen LogP contribution in [-0.2, 0) is 19.5 Å². The fourth-order valence-corrected chi connectivity index (χ4v) is 3.85. The van der Waals surface area contributed by atoms with E-state index in [-0.39, 0.29) is 0 Å². The van der Waals surface area contributed by atoms with Gasteiger partial charge in [-0.25, -0.2) is 14.6 Å². The molecule has 0 bridgehead atoms. The van der Waals surface area contributed by atoms with Crippen molar-refractivity contribution in [1.29, 1.82) is 0 Å². The molecule has 6 nitrogen and oxygen atoms in total. The highest BCUT2D eigenvalue weighted by Gasteiger charge is 2.20. The number of anilines is 1. The normalized spacial score (nSPS) is 17.5. The van der Waals surface area contributed by atoms with E-state index in [2.05, 4.69) is 39.1 Å². The van der Waals surface area contributed by atoms with Crippen LogP contribution in [0.2, 0.25) is 0 Å². The first-order valence-corrected chi connectivity index (χ1v) is 8.84. The van der Waals surface area contributed by atoms with Crippen molar-refractivity contribution < 1.29 is 0 Å². The molecule has 22 heavy (non-hydrogen) atoms. The molecule has 0 amide bonds. The van der Waals surface area contributed by atoms with Crippen molar-refractivity contribution in [3.8, 4) is 0 Å². The van der Waals surface area contributed by atoms with Gasteiger partial charge in [0.2, 0.25) is 0 Å². The highest BCUT2D eigenvalue weighted by Crippen LogP contribution is 2.22. The number of hydrogen-bond donors (Lipinski definition) is 1. The minimum atomic E-state index is 0.465. The summed E-state index contributed by atoms with van der Waals surface area (Å²) in [6.45, 7) is 10.1. The summed E-state index contributed by atoms with van der Waals surface area (Å²) in [5.74, 6) is 2.00. The molecule has 0 radical (unpaired) electrons. The highest BCUT2D eigenvalue weighted by atomic mass is 32.1. The highest BCUT2D eigenvalue weighted by molar-refractivity contribution is 7.15. The van der Waals surface area contributed by atoms with Crippen LogP contribution in [0.3, 0.4) is 0 Å². The number of nitrogens with zero attached hydrogens (tertiary/aromatic N) is 5. The average Bonchev–Trinajstić information content (AvgIpc) is 3.11. The zero-order valence-electron chi connectivity index (χ0n) is 13.5. The lowest BCUT2D eigenvalue weighted by molar-refractivity contribution is 0.358. The molecule has 3 rings (SSSR count). The second kappa shape index (κ2) is 6.75. The van der Waals surface area contributed by atoms with E-state index < -0.39 is 0 Å². The summed E-state index contributed by atoms with van der Waals surface area (Å²) in [6.07, 6.45) is 4.13. The van der Waals surface area contributed by atoms with Crippen LogP contribution in [0.25, 0.3) is 0 Å². The van der Waals surface area contributed by atoms with E-state index >= 15 is 0 Å². The number of thiazole rings is 1. The zero-order valence-corrected chi connectivity index (χ0v) is 14.4. The van der Waals surface area contributed by atoms with Crippen LogP contribution in [0.1, 0.15) is 36.8 Å². The van der Waals surface area contributed by atoms with Crippen LogP contribution in [0.5, 0.6) is 0 Å². The molecule has 1 aliphatic heterocycles. The Morgan fingerprint density at radius 2 is 2.23 bits per heavy atom. The standard InChI is InChI=1S/C15H24N6S/c1-4-20(5-2)15-17-9-13(22-15)8-16-12-6-7-14-18-11(3)19-21(14)10-12/h9,12,16H,4-8,10H2,1-3H3. The largest absolute Gasteiger partial charge is 0.349 e. The fourth-order valence-electron chi connectivity index (χ4n) is 2.86. The molecule has 0 saturated carbocycles. The molecule has 1 aliphatic rings. The SMILES string of the molecule is CCN(CC)c1ncc(CNC2CCc3nc(C)nn3C2)s1. The smallest absolute Gasteiger partial charge is 0.185 e. The number of hydrogen-bond acceptors (Lipinski definition) is 6. The molecule has 2 aromatic heterocycles. The van der Waals surface area contributed by atoms with Gasteiger partial charge in [0.25, 0.3) is 0 Å². The summed E-state index contributed by atoms with van der Waals surface area (Å²) in [6, 6.07) is 0.465. The minimum Gasteiger partial charge on any atom is -0.349 e. The van der Waals surface area contributed by atoms with Crippen molar-refractivity contribution in [2.75, 3.05) is 18.0 Å². The van der Waals surface area contributed by atoms with Crippen molar-refractivity contribution >= 4 is 16.5 Å². The van der Waals surface area contributed by atoms with Gasteiger partial charge in [0.05, 0.1) is 6.54 Å². The van der Waals surface area contributed by atoms with Crippen molar-refractivity contribution in [2.45, 2.75) is 52.7 Å². The van der Waals surface area contributed by atoms with Crippen LogP contribution in [0.4, 0.5) is 5.13 Å². The topological polar surface area (TPSA) is 58.9 Å². The summed E-state index contributed by atoms with van der Waals surface area (Å²) in [5, 5.41) is 9.22. The maximum Gasteiger partial charge on any atom is 0.185 e. The van der Waals surface area contributed by atoms with Gasteiger partial charge >= 0.3 is 0 Å². The second-order valence-electron chi connectivity index (χ2n) is 5.66. The Hall–Kier alpha value is -1.47. The molecule has 1 atom stereocenters. The summed E-state index contributed by atoms with van der Waals surface area (Å²) in [7, 11) is 0. The van der Waals surface area contributed by atoms with E-state index in [0.29, 0.717) is 6.04 Å². The summed E-state index contributed by atoms with van der Waals surface area (Å²) >= 11 is 1.79. The Morgan fingerprint density at radius 3 is 3.00 bits per heavy atom. The van der Waals surface area contributed by atoms with Crippen molar-refractivity contribution in [1.82, 2.24) is 25.1 Å². The summed E-state index contributed by atoms with van der Waals surface area (Å²) in [4.78, 5) is 12.6. The van der Waals surface area contributed by atoms with Crippen LogP contribution in [0, 0.1) is 6.92 Å². The van der Waals surface area contributed by atoms with Crippen molar-refractivity contribution in [2.24, 2.45) is 0 Å². The Bertz CT molecular complexity index is 615. The Balaban J connectivity index is 1.55. The minimum absolute atomic E-state index is 0.465. The van der Waals surface area contributed by atoms with Gasteiger partial charge in [-0.15, -0.1) is 11.3 Å². The first kappa shape index (κ1) is 15.4. The van der Waals surface area contributed by atoms with Gasteiger partial charge in [0.1, 0.15) is 11.6 Å². The molecule has 0 spiro atoms. The van der Waals surface area contributed by atoms with E-state index in [1.165, 1.54) is 4.88 Å². The molecule has 120 valence electrons. The maximum atomic E-state index is 4.54. The zero-order chi connectivity index (χ0) is 15.5. The Kier molecular flexibility index (Phi) is 4.73. The third kappa shape index (κ3) is 3.30. The van der Waals surface area contributed by atoms with Crippen LogP contribution in [-0.4, -0.2) is 38.9 Å². The van der Waals surface area contributed by atoms with Gasteiger partial charge in [-0.05, 0) is 27.2 Å². The van der Waals surface area contributed by atoms with E-state index in [0.717, 1.165) is 55.8 Å².